The highest BCUT2D eigenvalue weighted by Crippen LogP contribution is 2.27. The Morgan fingerprint density at radius 3 is 2.41 bits per heavy atom. The topological polar surface area (TPSA) is 65.5 Å². The minimum absolute atomic E-state index is 0.0658. The van der Waals surface area contributed by atoms with Gasteiger partial charge >= 0.3 is 6.03 Å². The first-order valence-corrected chi connectivity index (χ1v) is 11.4. The molecule has 0 radical (unpaired) electrons. The van der Waals surface area contributed by atoms with Crippen LogP contribution in [0.1, 0.15) is 12.8 Å². The van der Waals surface area contributed by atoms with Crippen LogP contribution < -0.4 is 14.4 Å². The number of benzene rings is 2. The van der Waals surface area contributed by atoms with Crippen LogP contribution in [0.25, 0.3) is 0 Å². The number of ether oxygens (including phenoxy) is 2. The summed E-state index contributed by atoms with van der Waals surface area (Å²) in [5, 5.41) is 11.1. The number of likely N-dealkylation sites (tertiary alicyclic amines) is 1. The van der Waals surface area contributed by atoms with Crippen LogP contribution in [0.2, 0.25) is 5.02 Å². The number of amides is 2. The van der Waals surface area contributed by atoms with Gasteiger partial charge in [0.05, 0.1) is 7.11 Å². The molecule has 0 spiro atoms. The molecule has 8 heteroatoms. The zero-order chi connectivity index (χ0) is 22.5. The molecule has 2 saturated heterocycles. The number of para-hydroxylation sites is 2. The van der Waals surface area contributed by atoms with E-state index in [2.05, 4.69) is 4.90 Å². The van der Waals surface area contributed by atoms with Crippen molar-refractivity contribution in [2.75, 3.05) is 51.3 Å². The highest BCUT2D eigenvalue weighted by atomic mass is 35.5. The Balaban J connectivity index is 1.23. The van der Waals surface area contributed by atoms with Gasteiger partial charge in [-0.15, -0.1) is 0 Å². The Morgan fingerprint density at radius 1 is 1.03 bits per heavy atom. The number of methoxy groups -OCH3 is 1. The molecular weight excluding hydrogens is 430 g/mol. The quantitative estimate of drug-likeness (QED) is 0.654. The first-order chi connectivity index (χ1) is 15.5. The summed E-state index contributed by atoms with van der Waals surface area (Å²) in [6.07, 6.45) is 1.21. The summed E-state index contributed by atoms with van der Waals surface area (Å²) < 4.78 is 11.0. The predicted molar refractivity (Wildman–Crippen MR) is 125 cm³/mol. The number of rotatable bonds is 8. The van der Waals surface area contributed by atoms with Crippen LogP contribution in [0.4, 0.5) is 10.5 Å². The van der Waals surface area contributed by atoms with E-state index in [4.69, 9.17) is 21.1 Å². The molecule has 1 unspecified atom stereocenters. The van der Waals surface area contributed by atoms with Gasteiger partial charge in [-0.1, -0.05) is 23.7 Å². The molecule has 2 aromatic carbocycles. The molecular formula is C24H30ClN3O4. The number of anilines is 1. The number of piperidine rings is 1. The van der Waals surface area contributed by atoms with Crippen LogP contribution in [0.15, 0.2) is 48.5 Å². The maximum atomic E-state index is 13.0. The lowest BCUT2D eigenvalue weighted by Crippen LogP contribution is -2.48. The fraction of sp³-hybridized carbons (Fsp3) is 0.458. The molecule has 2 amide bonds. The fourth-order valence-electron chi connectivity index (χ4n) is 4.44. The molecule has 32 heavy (non-hydrogen) atoms. The summed E-state index contributed by atoms with van der Waals surface area (Å²) in [6.45, 7) is 3.89. The summed E-state index contributed by atoms with van der Waals surface area (Å²) in [4.78, 5) is 19.0. The molecule has 7 nitrogen and oxygen atoms in total. The summed E-state index contributed by atoms with van der Waals surface area (Å²) in [5.74, 6) is 1.29. The number of β-amino-alcohol motifs (C(OH)–C–C–N with tert-alkyl or cyclic N) is 1. The largest absolute Gasteiger partial charge is 0.493 e. The van der Waals surface area contributed by atoms with Crippen molar-refractivity contribution in [1.29, 1.82) is 0 Å². The van der Waals surface area contributed by atoms with E-state index in [-0.39, 0.29) is 18.7 Å². The number of aliphatic hydroxyl groups excluding tert-OH is 1. The summed E-state index contributed by atoms with van der Waals surface area (Å²) in [5.41, 5.74) is 0.887. The molecule has 2 aromatic rings. The molecule has 0 saturated carbocycles. The lowest BCUT2D eigenvalue weighted by Gasteiger charge is -2.37. The van der Waals surface area contributed by atoms with Crippen LogP contribution in [-0.4, -0.2) is 79.5 Å². The SMILES string of the molecule is COc1ccccc1OCC(O)CN1CCC(N2CCN(c3ccc(Cl)cc3)C2=O)CC1. The van der Waals surface area contributed by atoms with Crippen LogP contribution in [0.5, 0.6) is 11.5 Å². The van der Waals surface area contributed by atoms with Gasteiger partial charge < -0.3 is 24.4 Å². The van der Waals surface area contributed by atoms with Gasteiger partial charge in [-0.3, -0.25) is 4.90 Å². The third-order valence-electron chi connectivity index (χ3n) is 6.15. The van der Waals surface area contributed by atoms with Crippen molar-refractivity contribution in [3.63, 3.8) is 0 Å². The predicted octanol–water partition coefficient (Wildman–Crippen LogP) is 3.49. The van der Waals surface area contributed by atoms with Crippen LogP contribution in [-0.2, 0) is 0 Å². The lowest BCUT2D eigenvalue weighted by molar-refractivity contribution is 0.0502. The van der Waals surface area contributed by atoms with Crippen molar-refractivity contribution in [2.24, 2.45) is 0 Å². The Morgan fingerprint density at radius 2 is 1.72 bits per heavy atom. The minimum Gasteiger partial charge on any atom is -0.493 e. The average Bonchev–Trinajstić information content (AvgIpc) is 3.20. The van der Waals surface area contributed by atoms with Crippen molar-refractivity contribution in [1.82, 2.24) is 9.80 Å². The van der Waals surface area contributed by atoms with E-state index in [1.807, 2.05) is 58.3 Å². The fourth-order valence-corrected chi connectivity index (χ4v) is 4.57. The van der Waals surface area contributed by atoms with Crippen LogP contribution in [0.3, 0.4) is 0 Å². The maximum Gasteiger partial charge on any atom is 0.324 e. The standard InChI is InChI=1S/C24H30ClN3O4/c1-31-22-4-2-3-5-23(22)32-17-21(29)16-26-12-10-20(11-13-26)28-15-14-27(24(28)30)19-8-6-18(25)7-9-19/h2-9,20-21,29H,10-17H2,1H3. The number of halogens is 1. The second kappa shape index (κ2) is 10.4. The molecule has 1 atom stereocenters. The lowest BCUT2D eigenvalue weighted by atomic mass is 10.0. The van der Waals surface area contributed by atoms with E-state index < -0.39 is 6.10 Å². The van der Waals surface area contributed by atoms with Gasteiger partial charge in [0.2, 0.25) is 0 Å². The molecule has 2 heterocycles. The number of aliphatic hydroxyl groups is 1. The number of urea groups is 1. The summed E-state index contributed by atoms with van der Waals surface area (Å²) in [6, 6.07) is 15.1. The molecule has 0 aliphatic carbocycles. The highest BCUT2D eigenvalue weighted by Gasteiger charge is 2.36. The summed E-state index contributed by atoms with van der Waals surface area (Å²) in [7, 11) is 1.60. The molecule has 172 valence electrons. The molecule has 2 aliphatic heterocycles. The number of nitrogens with zero attached hydrogens (tertiary/aromatic N) is 3. The first kappa shape index (κ1) is 22.7. The number of hydrogen-bond acceptors (Lipinski definition) is 5. The van der Waals surface area contributed by atoms with Gasteiger partial charge in [0, 0.05) is 49.5 Å². The van der Waals surface area contributed by atoms with E-state index >= 15 is 0 Å². The summed E-state index contributed by atoms with van der Waals surface area (Å²) >= 11 is 5.97. The Labute approximate surface area is 194 Å². The highest BCUT2D eigenvalue weighted by molar-refractivity contribution is 6.30. The van der Waals surface area contributed by atoms with E-state index in [1.54, 1.807) is 7.11 Å². The number of carbonyl (C=O) groups is 1. The van der Waals surface area contributed by atoms with Gasteiger partial charge in [0.25, 0.3) is 0 Å². The van der Waals surface area contributed by atoms with Gasteiger partial charge in [-0.2, -0.15) is 0 Å². The van der Waals surface area contributed by atoms with Crippen molar-refractivity contribution >= 4 is 23.3 Å². The molecule has 2 aliphatic rings. The van der Waals surface area contributed by atoms with Crippen molar-refractivity contribution in [3.05, 3.63) is 53.6 Å². The normalized spacial score (nSPS) is 18.8. The zero-order valence-corrected chi connectivity index (χ0v) is 19.1. The second-order valence-corrected chi connectivity index (χ2v) is 8.69. The number of hydrogen-bond donors (Lipinski definition) is 1. The van der Waals surface area contributed by atoms with Crippen LogP contribution >= 0.6 is 11.6 Å². The molecule has 0 bridgehead atoms. The molecule has 1 N–H and O–H groups in total. The van der Waals surface area contributed by atoms with Crippen molar-refractivity contribution < 1.29 is 19.4 Å². The Hall–Kier alpha value is -2.48. The Kier molecular flexibility index (Phi) is 7.40. The molecule has 4 rings (SSSR count). The third kappa shape index (κ3) is 5.28. The minimum atomic E-state index is -0.592. The van der Waals surface area contributed by atoms with Gasteiger partial charge in [0.15, 0.2) is 11.5 Å². The van der Waals surface area contributed by atoms with Gasteiger partial charge in [0.1, 0.15) is 12.7 Å². The van der Waals surface area contributed by atoms with E-state index in [0.717, 1.165) is 38.2 Å². The smallest absolute Gasteiger partial charge is 0.324 e. The number of carbonyl (C=O) groups excluding carboxylic acids is 1. The van der Waals surface area contributed by atoms with Gasteiger partial charge in [-0.05, 0) is 49.2 Å². The average molecular weight is 460 g/mol. The van der Waals surface area contributed by atoms with Crippen LogP contribution in [0, 0.1) is 0 Å². The van der Waals surface area contributed by atoms with E-state index in [0.29, 0.717) is 29.6 Å². The first-order valence-electron chi connectivity index (χ1n) is 11.0. The van der Waals surface area contributed by atoms with E-state index in [1.165, 1.54) is 0 Å². The molecule has 2 fully saturated rings. The van der Waals surface area contributed by atoms with E-state index in [9.17, 15) is 9.90 Å². The van der Waals surface area contributed by atoms with Crippen molar-refractivity contribution in [3.8, 4) is 11.5 Å². The third-order valence-corrected chi connectivity index (χ3v) is 6.40. The van der Waals surface area contributed by atoms with Gasteiger partial charge in [-0.25, -0.2) is 4.79 Å². The molecule has 0 aromatic heterocycles. The monoisotopic (exact) mass is 459 g/mol. The second-order valence-electron chi connectivity index (χ2n) is 8.25. The zero-order valence-electron chi connectivity index (χ0n) is 18.3. The Bertz CT molecular complexity index is 902. The maximum absolute atomic E-state index is 13.0. The van der Waals surface area contributed by atoms with Crippen molar-refractivity contribution in [2.45, 2.75) is 25.0 Å².